The second-order valence-corrected chi connectivity index (χ2v) is 6.77. The van der Waals surface area contributed by atoms with Gasteiger partial charge < -0.3 is 9.30 Å². The average molecular weight is 365 g/mol. The number of hydrogen-bond acceptors (Lipinski definition) is 4. The van der Waals surface area contributed by atoms with Crippen molar-refractivity contribution in [2.75, 3.05) is 13.2 Å². The van der Waals surface area contributed by atoms with E-state index < -0.39 is 0 Å². The quantitative estimate of drug-likeness (QED) is 0.648. The van der Waals surface area contributed by atoms with E-state index in [0.29, 0.717) is 35.7 Å². The number of hydrogen-bond donors (Lipinski definition) is 0. The standard InChI is InChI=1S/C20H19N3O2S/c1-3-25-12-11-23-18-14(2)5-4-6-17(18)26-20(23)22-19(24)16-9-7-15(13-21)8-10-16/h4-10H,3,11-12H2,1-2H3. The van der Waals surface area contributed by atoms with Crippen LogP contribution in [0.1, 0.15) is 28.4 Å². The highest BCUT2D eigenvalue weighted by Crippen LogP contribution is 2.21. The van der Waals surface area contributed by atoms with Gasteiger partial charge in [0, 0.05) is 18.7 Å². The van der Waals surface area contributed by atoms with Gasteiger partial charge in [-0.25, -0.2) is 0 Å². The van der Waals surface area contributed by atoms with E-state index in [1.807, 2.05) is 29.7 Å². The molecule has 0 spiro atoms. The average Bonchev–Trinajstić information content (AvgIpc) is 3.00. The Balaban J connectivity index is 2.05. The summed E-state index contributed by atoms with van der Waals surface area (Å²) in [5.41, 5.74) is 3.21. The van der Waals surface area contributed by atoms with Gasteiger partial charge in [0.25, 0.3) is 5.91 Å². The van der Waals surface area contributed by atoms with Crippen LogP contribution in [0, 0.1) is 18.3 Å². The monoisotopic (exact) mass is 365 g/mol. The number of rotatable bonds is 5. The van der Waals surface area contributed by atoms with Crippen molar-refractivity contribution in [3.8, 4) is 6.07 Å². The Kier molecular flexibility index (Phi) is 5.61. The summed E-state index contributed by atoms with van der Waals surface area (Å²) in [6.45, 7) is 5.87. The fourth-order valence-corrected chi connectivity index (χ4v) is 3.87. The Morgan fingerprint density at radius 1 is 1.27 bits per heavy atom. The van der Waals surface area contributed by atoms with Gasteiger partial charge in [-0.2, -0.15) is 10.3 Å². The molecule has 0 aliphatic carbocycles. The van der Waals surface area contributed by atoms with Gasteiger partial charge in [0.2, 0.25) is 0 Å². The lowest BCUT2D eigenvalue weighted by atomic mass is 10.1. The molecule has 1 heterocycles. The Hall–Kier alpha value is -2.75. The van der Waals surface area contributed by atoms with E-state index in [1.54, 1.807) is 24.3 Å². The first-order valence-electron chi connectivity index (χ1n) is 8.40. The number of thiazole rings is 1. The van der Waals surface area contributed by atoms with E-state index >= 15 is 0 Å². The van der Waals surface area contributed by atoms with Gasteiger partial charge in [0.05, 0.1) is 28.5 Å². The Bertz CT molecular complexity index is 1040. The van der Waals surface area contributed by atoms with Crippen LogP contribution in [0.3, 0.4) is 0 Å². The van der Waals surface area contributed by atoms with Gasteiger partial charge in [0.15, 0.2) is 4.80 Å². The minimum absolute atomic E-state index is 0.316. The number of carbonyl (C=O) groups excluding carboxylic acids is 1. The molecule has 0 bridgehead atoms. The maximum Gasteiger partial charge on any atom is 0.279 e. The molecule has 0 aliphatic rings. The molecule has 0 unspecified atom stereocenters. The summed E-state index contributed by atoms with van der Waals surface area (Å²) in [6.07, 6.45) is 0. The van der Waals surface area contributed by atoms with Crippen LogP contribution in [-0.2, 0) is 11.3 Å². The maximum atomic E-state index is 12.6. The first-order chi connectivity index (χ1) is 12.6. The zero-order valence-corrected chi connectivity index (χ0v) is 15.5. The van der Waals surface area contributed by atoms with Crippen LogP contribution < -0.4 is 4.80 Å². The fraction of sp³-hybridized carbons (Fsp3) is 0.250. The lowest BCUT2D eigenvalue weighted by Gasteiger charge is -2.07. The maximum absolute atomic E-state index is 12.6. The zero-order chi connectivity index (χ0) is 18.5. The Morgan fingerprint density at radius 3 is 2.73 bits per heavy atom. The molecule has 0 radical (unpaired) electrons. The fourth-order valence-electron chi connectivity index (χ4n) is 2.74. The number of aryl methyl sites for hydroxylation is 1. The summed E-state index contributed by atoms with van der Waals surface area (Å²) < 4.78 is 8.63. The van der Waals surface area contributed by atoms with E-state index in [1.165, 1.54) is 11.3 Å². The lowest BCUT2D eigenvalue weighted by Crippen LogP contribution is -2.20. The summed E-state index contributed by atoms with van der Waals surface area (Å²) in [6, 6.07) is 14.7. The zero-order valence-electron chi connectivity index (χ0n) is 14.7. The molecule has 6 heteroatoms. The number of amides is 1. The third-order valence-electron chi connectivity index (χ3n) is 4.02. The van der Waals surface area contributed by atoms with Crippen LogP contribution in [0.5, 0.6) is 0 Å². The van der Waals surface area contributed by atoms with Gasteiger partial charge in [-0.3, -0.25) is 4.79 Å². The summed E-state index contributed by atoms with van der Waals surface area (Å²) in [4.78, 5) is 17.6. The van der Waals surface area contributed by atoms with Gasteiger partial charge in [-0.1, -0.05) is 23.5 Å². The van der Waals surface area contributed by atoms with Crippen LogP contribution in [0.4, 0.5) is 0 Å². The number of para-hydroxylation sites is 1. The van der Waals surface area contributed by atoms with Gasteiger partial charge in [-0.15, -0.1) is 0 Å². The molecule has 1 aromatic heterocycles. The van der Waals surface area contributed by atoms with E-state index in [9.17, 15) is 4.79 Å². The minimum atomic E-state index is -0.316. The van der Waals surface area contributed by atoms with E-state index in [0.717, 1.165) is 15.8 Å². The molecule has 26 heavy (non-hydrogen) atoms. The number of nitrogens with zero attached hydrogens (tertiary/aromatic N) is 3. The van der Waals surface area contributed by atoms with Gasteiger partial charge >= 0.3 is 0 Å². The summed E-state index contributed by atoms with van der Waals surface area (Å²) >= 11 is 1.49. The predicted octanol–water partition coefficient (Wildman–Crippen LogP) is 3.66. The molecule has 0 atom stereocenters. The molecule has 3 rings (SSSR count). The second-order valence-electron chi connectivity index (χ2n) is 5.76. The number of benzene rings is 2. The highest BCUT2D eigenvalue weighted by Gasteiger charge is 2.11. The van der Waals surface area contributed by atoms with Crippen LogP contribution in [0.2, 0.25) is 0 Å². The largest absolute Gasteiger partial charge is 0.380 e. The molecule has 132 valence electrons. The second kappa shape index (κ2) is 8.09. The van der Waals surface area contributed by atoms with Crippen molar-refractivity contribution in [2.24, 2.45) is 4.99 Å². The molecule has 3 aromatic rings. The molecule has 0 fully saturated rings. The smallest absolute Gasteiger partial charge is 0.279 e. The van der Waals surface area contributed by atoms with Crippen molar-refractivity contribution in [3.63, 3.8) is 0 Å². The molecule has 1 amide bonds. The number of nitriles is 1. The summed E-state index contributed by atoms with van der Waals surface area (Å²) in [7, 11) is 0. The normalized spacial score (nSPS) is 11.7. The molecule has 0 aliphatic heterocycles. The molecular weight excluding hydrogens is 346 g/mol. The van der Waals surface area contributed by atoms with Crippen molar-refractivity contribution in [3.05, 3.63) is 64.0 Å². The number of aromatic nitrogens is 1. The van der Waals surface area contributed by atoms with Gasteiger partial charge in [0.1, 0.15) is 0 Å². The first kappa shape index (κ1) is 18.1. The minimum Gasteiger partial charge on any atom is -0.380 e. The number of ether oxygens (including phenoxy) is 1. The van der Waals surface area contributed by atoms with E-state index in [2.05, 4.69) is 18.0 Å². The lowest BCUT2D eigenvalue weighted by molar-refractivity contribution is 0.0996. The van der Waals surface area contributed by atoms with Gasteiger partial charge in [-0.05, 0) is 49.7 Å². The first-order valence-corrected chi connectivity index (χ1v) is 9.21. The van der Waals surface area contributed by atoms with Crippen molar-refractivity contribution in [1.29, 1.82) is 5.26 Å². The van der Waals surface area contributed by atoms with E-state index in [-0.39, 0.29) is 5.91 Å². The Morgan fingerprint density at radius 2 is 2.04 bits per heavy atom. The third-order valence-corrected chi connectivity index (χ3v) is 5.07. The van der Waals surface area contributed by atoms with Crippen LogP contribution in [0.25, 0.3) is 10.2 Å². The third kappa shape index (κ3) is 3.74. The van der Waals surface area contributed by atoms with Crippen molar-refractivity contribution < 1.29 is 9.53 Å². The van der Waals surface area contributed by atoms with Crippen LogP contribution in [-0.4, -0.2) is 23.7 Å². The number of carbonyl (C=O) groups is 1. The topological polar surface area (TPSA) is 67.4 Å². The molecule has 5 nitrogen and oxygen atoms in total. The summed E-state index contributed by atoms with van der Waals surface area (Å²) in [5.74, 6) is -0.316. The SMILES string of the molecule is CCOCCn1c(=NC(=O)c2ccc(C#N)cc2)sc2cccc(C)c21. The van der Waals surface area contributed by atoms with Crippen molar-refractivity contribution >= 4 is 27.5 Å². The van der Waals surface area contributed by atoms with Crippen LogP contribution >= 0.6 is 11.3 Å². The van der Waals surface area contributed by atoms with Crippen LogP contribution in [0.15, 0.2) is 47.5 Å². The van der Waals surface area contributed by atoms with Crippen molar-refractivity contribution in [1.82, 2.24) is 4.57 Å². The highest BCUT2D eigenvalue weighted by atomic mass is 32.1. The predicted molar refractivity (Wildman–Crippen MR) is 102 cm³/mol. The molecule has 0 saturated heterocycles. The van der Waals surface area contributed by atoms with Crippen molar-refractivity contribution in [2.45, 2.75) is 20.4 Å². The Labute approximate surface area is 155 Å². The highest BCUT2D eigenvalue weighted by molar-refractivity contribution is 7.16. The molecule has 0 saturated carbocycles. The number of fused-ring (bicyclic) bond motifs is 1. The molecule has 2 aromatic carbocycles. The molecular formula is C20H19N3O2S. The van der Waals surface area contributed by atoms with E-state index in [4.69, 9.17) is 10.00 Å². The summed E-state index contributed by atoms with van der Waals surface area (Å²) in [5, 5.41) is 8.88. The molecule has 0 N–H and O–H groups in total.